The molecule has 0 spiro atoms. The maximum Gasteiger partial charge on any atom is 0.326 e. The molecule has 1 aliphatic rings. The van der Waals surface area contributed by atoms with Gasteiger partial charge >= 0.3 is 5.97 Å². The summed E-state index contributed by atoms with van der Waals surface area (Å²) in [5, 5.41) is 13.3. The molecule has 126 valence electrons. The van der Waals surface area contributed by atoms with Crippen LogP contribution in [0.3, 0.4) is 0 Å². The summed E-state index contributed by atoms with van der Waals surface area (Å²) < 4.78 is 5.25. The largest absolute Gasteiger partial charge is 0.480 e. The molecular weight excluding hydrogens is 324 g/mol. The number of aromatic nitrogens is 3. The number of benzene rings is 1. The van der Waals surface area contributed by atoms with Crippen LogP contribution in [0.5, 0.6) is 0 Å². The summed E-state index contributed by atoms with van der Waals surface area (Å²) >= 11 is 0. The van der Waals surface area contributed by atoms with Gasteiger partial charge in [-0.2, -0.15) is 0 Å². The van der Waals surface area contributed by atoms with E-state index in [4.69, 9.17) is 4.52 Å². The Hall–Kier alpha value is -3.42. The first kappa shape index (κ1) is 15.1. The second-order valence-corrected chi connectivity index (χ2v) is 5.76. The van der Waals surface area contributed by atoms with Crippen molar-refractivity contribution in [3.05, 3.63) is 59.8 Å². The van der Waals surface area contributed by atoms with E-state index in [0.717, 1.165) is 11.3 Å². The van der Waals surface area contributed by atoms with Gasteiger partial charge in [0.05, 0.1) is 24.3 Å². The lowest BCUT2D eigenvalue weighted by molar-refractivity contribution is -0.142. The maximum atomic E-state index is 12.8. The fourth-order valence-corrected chi connectivity index (χ4v) is 2.93. The van der Waals surface area contributed by atoms with Gasteiger partial charge in [0.15, 0.2) is 11.5 Å². The summed E-state index contributed by atoms with van der Waals surface area (Å²) in [6.07, 6.45) is 1.66. The minimum atomic E-state index is -1.08. The van der Waals surface area contributed by atoms with Crippen LogP contribution in [0.1, 0.15) is 21.9 Å². The van der Waals surface area contributed by atoms with Crippen LogP contribution in [0, 0.1) is 0 Å². The predicted molar refractivity (Wildman–Crippen MR) is 85.5 cm³/mol. The topological polar surface area (TPSA) is 112 Å². The van der Waals surface area contributed by atoms with E-state index in [1.54, 1.807) is 0 Å². The third-order valence-electron chi connectivity index (χ3n) is 4.23. The van der Waals surface area contributed by atoms with Crippen molar-refractivity contribution in [3.63, 3.8) is 0 Å². The second-order valence-electron chi connectivity index (χ2n) is 5.76. The molecule has 8 heteroatoms. The van der Waals surface area contributed by atoms with Crippen LogP contribution in [0.15, 0.2) is 47.2 Å². The van der Waals surface area contributed by atoms with E-state index in [0.29, 0.717) is 11.5 Å². The number of nitrogens with one attached hydrogen (secondary N) is 1. The highest BCUT2D eigenvalue weighted by molar-refractivity contribution is 5.96. The van der Waals surface area contributed by atoms with E-state index in [9.17, 15) is 14.7 Å². The van der Waals surface area contributed by atoms with Crippen LogP contribution >= 0.6 is 0 Å². The minimum Gasteiger partial charge on any atom is -0.480 e. The highest BCUT2D eigenvalue weighted by Gasteiger charge is 2.37. The Labute approximate surface area is 142 Å². The van der Waals surface area contributed by atoms with E-state index < -0.39 is 17.9 Å². The molecule has 3 aromatic rings. The average Bonchev–Trinajstić information content (AvgIpc) is 3.29. The Morgan fingerprint density at radius 3 is 2.84 bits per heavy atom. The van der Waals surface area contributed by atoms with Crippen molar-refractivity contribution in [2.24, 2.45) is 0 Å². The lowest BCUT2D eigenvalue weighted by Crippen LogP contribution is -2.48. The van der Waals surface area contributed by atoms with Gasteiger partial charge in [-0.3, -0.25) is 4.79 Å². The normalized spacial score (nSPS) is 16.5. The standard InChI is InChI=1S/C17H14N4O4/c22-16(12-7-15(25-20-12)10-4-2-1-3-5-10)21-8-13-11(18-9-19-13)6-14(21)17(23)24/h1-5,7,9,14H,6,8H2,(H,18,19)(H,23,24)/t14-/m0/s1. The quantitative estimate of drug-likeness (QED) is 0.752. The van der Waals surface area contributed by atoms with Gasteiger partial charge in [-0.25, -0.2) is 9.78 Å². The molecule has 1 aromatic carbocycles. The van der Waals surface area contributed by atoms with Gasteiger partial charge in [0, 0.05) is 18.1 Å². The zero-order valence-corrected chi connectivity index (χ0v) is 13.0. The number of rotatable bonds is 3. The number of H-pyrrole nitrogens is 1. The van der Waals surface area contributed by atoms with E-state index in [1.165, 1.54) is 17.3 Å². The molecule has 0 saturated heterocycles. The van der Waals surface area contributed by atoms with Gasteiger partial charge in [-0.1, -0.05) is 35.5 Å². The Balaban J connectivity index is 1.64. The zero-order valence-electron chi connectivity index (χ0n) is 13.0. The van der Waals surface area contributed by atoms with Crippen molar-refractivity contribution in [1.82, 2.24) is 20.0 Å². The molecule has 1 aliphatic heterocycles. The van der Waals surface area contributed by atoms with E-state index in [-0.39, 0.29) is 18.7 Å². The average molecular weight is 338 g/mol. The first-order valence-corrected chi connectivity index (χ1v) is 7.70. The predicted octanol–water partition coefficient (Wildman–Crippen LogP) is 1.72. The van der Waals surface area contributed by atoms with Gasteiger partial charge in [-0.05, 0) is 0 Å². The summed E-state index contributed by atoms with van der Waals surface area (Å²) in [6.45, 7) is 0.138. The number of carboxylic acid groups (broad SMARTS) is 1. The molecule has 0 radical (unpaired) electrons. The number of hydrogen-bond donors (Lipinski definition) is 2. The number of fused-ring (bicyclic) bond motifs is 1. The van der Waals surface area contributed by atoms with Crippen LogP contribution in [0.2, 0.25) is 0 Å². The molecule has 1 atom stereocenters. The summed E-state index contributed by atoms with van der Waals surface area (Å²) in [6, 6.07) is 9.80. The molecule has 3 heterocycles. The molecule has 8 nitrogen and oxygen atoms in total. The third-order valence-corrected chi connectivity index (χ3v) is 4.23. The molecular formula is C17H14N4O4. The zero-order chi connectivity index (χ0) is 17.4. The summed E-state index contributed by atoms with van der Waals surface area (Å²) in [7, 11) is 0. The summed E-state index contributed by atoms with van der Waals surface area (Å²) in [5.41, 5.74) is 2.27. The number of amides is 1. The minimum absolute atomic E-state index is 0.0769. The van der Waals surface area contributed by atoms with E-state index >= 15 is 0 Å². The molecule has 4 rings (SSSR count). The molecule has 25 heavy (non-hydrogen) atoms. The number of hydrogen-bond acceptors (Lipinski definition) is 5. The Morgan fingerprint density at radius 2 is 2.08 bits per heavy atom. The number of aliphatic carboxylic acids is 1. The van der Waals surface area contributed by atoms with Gasteiger partial charge in [0.25, 0.3) is 5.91 Å². The lowest BCUT2D eigenvalue weighted by atomic mass is 10.0. The summed E-state index contributed by atoms with van der Waals surface area (Å²) in [5.74, 6) is -1.11. The van der Waals surface area contributed by atoms with Crippen LogP contribution in [0.4, 0.5) is 0 Å². The molecule has 0 bridgehead atoms. The summed E-state index contributed by atoms with van der Waals surface area (Å²) in [4.78, 5) is 32.7. The van der Waals surface area contributed by atoms with Gasteiger partial charge in [-0.15, -0.1) is 0 Å². The van der Waals surface area contributed by atoms with Crippen molar-refractivity contribution < 1.29 is 19.2 Å². The SMILES string of the molecule is O=C(O)[C@@H]1Cc2nc[nH]c2CN1C(=O)c1cc(-c2ccccc2)on1. The Morgan fingerprint density at radius 1 is 1.28 bits per heavy atom. The van der Waals surface area contributed by atoms with Crippen molar-refractivity contribution in [3.8, 4) is 11.3 Å². The van der Waals surface area contributed by atoms with Gasteiger partial charge in [0.2, 0.25) is 0 Å². The molecule has 0 saturated carbocycles. The second kappa shape index (κ2) is 5.90. The third kappa shape index (κ3) is 2.67. The molecule has 1 amide bonds. The fraction of sp³-hybridized carbons (Fsp3) is 0.176. The molecule has 0 unspecified atom stereocenters. The Kier molecular flexibility index (Phi) is 3.57. The first-order valence-electron chi connectivity index (χ1n) is 7.70. The molecule has 0 fully saturated rings. The van der Waals surface area contributed by atoms with Crippen LogP contribution in [-0.2, 0) is 17.8 Å². The number of aromatic amines is 1. The monoisotopic (exact) mass is 338 g/mol. The van der Waals surface area contributed by atoms with Gasteiger partial charge in [0.1, 0.15) is 6.04 Å². The fourth-order valence-electron chi connectivity index (χ4n) is 2.93. The van der Waals surface area contributed by atoms with E-state index in [1.807, 2.05) is 30.3 Å². The van der Waals surface area contributed by atoms with Crippen molar-refractivity contribution >= 4 is 11.9 Å². The van der Waals surface area contributed by atoms with Gasteiger partial charge < -0.3 is 19.5 Å². The highest BCUT2D eigenvalue weighted by atomic mass is 16.5. The first-order chi connectivity index (χ1) is 12.1. The molecule has 0 aliphatic carbocycles. The number of carbonyl (C=O) groups is 2. The van der Waals surface area contributed by atoms with Crippen molar-refractivity contribution in [1.29, 1.82) is 0 Å². The van der Waals surface area contributed by atoms with E-state index in [2.05, 4.69) is 15.1 Å². The number of carbonyl (C=O) groups excluding carboxylic acids is 1. The highest BCUT2D eigenvalue weighted by Crippen LogP contribution is 2.25. The van der Waals surface area contributed by atoms with Crippen molar-refractivity contribution in [2.45, 2.75) is 19.0 Å². The molecule has 2 aromatic heterocycles. The van der Waals surface area contributed by atoms with Crippen LogP contribution < -0.4 is 0 Å². The van der Waals surface area contributed by atoms with Crippen LogP contribution in [0.25, 0.3) is 11.3 Å². The number of nitrogens with zero attached hydrogens (tertiary/aromatic N) is 3. The lowest BCUT2D eigenvalue weighted by Gasteiger charge is -2.31. The van der Waals surface area contributed by atoms with Crippen molar-refractivity contribution in [2.75, 3.05) is 0 Å². The smallest absolute Gasteiger partial charge is 0.326 e. The molecule has 2 N–H and O–H groups in total. The number of imidazole rings is 1. The van der Waals surface area contributed by atoms with Crippen LogP contribution in [-0.4, -0.2) is 43.0 Å². The number of carboxylic acids is 1. The Bertz CT molecular complexity index is 931. The maximum absolute atomic E-state index is 12.8.